The Kier molecular flexibility index (Phi) is 5.94. The second-order valence-corrected chi connectivity index (χ2v) is 7.39. The predicted octanol–water partition coefficient (Wildman–Crippen LogP) is 3.26. The lowest BCUT2D eigenvalue weighted by Crippen LogP contribution is -2.56. The maximum absolute atomic E-state index is 12.5. The summed E-state index contributed by atoms with van der Waals surface area (Å²) in [6.45, 7) is 1.91. The number of benzene rings is 2. The first kappa shape index (κ1) is 17.1. The lowest BCUT2D eigenvalue weighted by molar-refractivity contribution is -0.120. The maximum atomic E-state index is 12.5. The van der Waals surface area contributed by atoms with Crippen molar-refractivity contribution in [2.24, 2.45) is 0 Å². The Bertz CT molecular complexity index is 639. The second kappa shape index (κ2) is 8.36. The number of nitrogens with one attached hydrogen (secondary N) is 2. The molecule has 3 nitrogen and oxygen atoms in total. The fourth-order valence-corrected chi connectivity index (χ4v) is 3.95. The van der Waals surface area contributed by atoms with Gasteiger partial charge in [0.1, 0.15) is 0 Å². The van der Waals surface area contributed by atoms with E-state index >= 15 is 0 Å². The van der Waals surface area contributed by atoms with E-state index in [9.17, 15) is 4.79 Å². The highest BCUT2D eigenvalue weighted by Gasteiger charge is 2.33. The van der Waals surface area contributed by atoms with E-state index in [1.165, 1.54) is 5.56 Å². The van der Waals surface area contributed by atoms with Gasteiger partial charge in [0.2, 0.25) is 5.91 Å². The van der Waals surface area contributed by atoms with Crippen LogP contribution < -0.4 is 10.6 Å². The molecule has 1 heterocycles. The van der Waals surface area contributed by atoms with E-state index in [0.29, 0.717) is 5.75 Å². The summed E-state index contributed by atoms with van der Waals surface area (Å²) < 4.78 is 0. The van der Waals surface area contributed by atoms with Gasteiger partial charge in [-0.05, 0) is 50.0 Å². The van der Waals surface area contributed by atoms with Crippen molar-refractivity contribution < 1.29 is 4.79 Å². The van der Waals surface area contributed by atoms with Crippen molar-refractivity contribution in [2.45, 2.75) is 29.7 Å². The van der Waals surface area contributed by atoms with Gasteiger partial charge in [-0.3, -0.25) is 4.79 Å². The van der Waals surface area contributed by atoms with Crippen LogP contribution in [0.1, 0.15) is 18.4 Å². The van der Waals surface area contributed by atoms with Gasteiger partial charge in [-0.25, -0.2) is 0 Å². The molecule has 2 aromatic rings. The number of hydrogen-bond acceptors (Lipinski definition) is 3. The third-order valence-corrected chi connectivity index (χ3v) is 5.48. The van der Waals surface area contributed by atoms with Crippen LogP contribution in [0.15, 0.2) is 65.6 Å². The Morgan fingerprint density at radius 2 is 1.62 bits per heavy atom. The molecule has 4 heteroatoms. The average Bonchev–Trinajstić information content (AvgIpc) is 2.62. The van der Waals surface area contributed by atoms with Crippen LogP contribution in [0.3, 0.4) is 0 Å². The highest BCUT2D eigenvalue weighted by atomic mass is 32.2. The molecule has 3 rings (SSSR count). The first-order valence-electron chi connectivity index (χ1n) is 8.49. The summed E-state index contributed by atoms with van der Waals surface area (Å²) in [7, 11) is 0. The van der Waals surface area contributed by atoms with Crippen molar-refractivity contribution in [3.05, 3.63) is 66.2 Å². The van der Waals surface area contributed by atoms with E-state index in [1.54, 1.807) is 11.8 Å². The topological polar surface area (TPSA) is 41.1 Å². The quantitative estimate of drug-likeness (QED) is 0.793. The van der Waals surface area contributed by atoms with Gasteiger partial charge in [-0.1, -0.05) is 48.5 Å². The molecule has 0 atom stereocenters. The first-order valence-corrected chi connectivity index (χ1v) is 9.48. The van der Waals surface area contributed by atoms with Gasteiger partial charge in [0.25, 0.3) is 0 Å². The SMILES string of the molecule is O=C(CSc1ccccc1)NC1(Cc2ccccc2)CCNCC1. The van der Waals surface area contributed by atoms with Gasteiger partial charge < -0.3 is 10.6 Å². The van der Waals surface area contributed by atoms with Crippen LogP contribution in [0.5, 0.6) is 0 Å². The molecule has 1 fully saturated rings. The normalized spacial score (nSPS) is 16.5. The van der Waals surface area contributed by atoms with Gasteiger partial charge >= 0.3 is 0 Å². The van der Waals surface area contributed by atoms with Crippen molar-refractivity contribution in [3.63, 3.8) is 0 Å². The second-order valence-electron chi connectivity index (χ2n) is 6.34. The molecule has 0 bridgehead atoms. The van der Waals surface area contributed by atoms with Gasteiger partial charge in [-0.15, -0.1) is 11.8 Å². The summed E-state index contributed by atoms with van der Waals surface area (Å²) in [4.78, 5) is 13.7. The Balaban J connectivity index is 1.62. The molecule has 1 saturated heterocycles. The minimum atomic E-state index is -0.124. The molecule has 0 aliphatic carbocycles. The molecule has 2 N–H and O–H groups in total. The Labute approximate surface area is 148 Å². The molecular weight excluding hydrogens is 316 g/mol. The van der Waals surface area contributed by atoms with E-state index in [-0.39, 0.29) is 11.4 Å². The Hall–Kier alpha value is -1.78. The van der Waals surface area contributed by atoms with Crippen molar-refractivity contribution >= 4 is 17.7 Å². The molecule has 2 aromatic carbocycles. The van der Waals surface area contributed by atoms with Crippen molar-refractivity contribution in [1.29, 1.82) is 0 Å². The van der Waals surface area contributed by atoms with E-state index < -0.39 is 0 Å². The van der Waals surface area contributed by atoms with Crippen LogP contribution in [-0.4, -0.2) is 30.3 Å². The fraction of sp³-hybridized carbons (Fsp3) is 0.350. The van der Waals surface area contributed by atoms with E-state index in [1.807, 2.05) is 36.4 Å². The summed E-state index contributed by atoms with van der Waals surface area (Å²) in [6.07, 6.45) is 2.85. The number of amides is 1. The average molecular weight is 340 g/mol. The van der Waals surface area contributed by atoms with Crippen LogP contribution in [0.25, 0.3) is 0 Å². The van der Waals surface area contributed by atoms with E-state index in [2.05, 4.69) is 34.9 Å². The molecule has 0 aromatic heterocycles. The fourth-order valence-electron chi connectivity index (χ4n) is 3.24. The van der Waals surface area contributed by atoms with E-state index in [0.717, 1.165) is 37.2 Å². The molecule has 1 amide bonds. The highest BCUT2D eigenvalue weighted by Crippen LogP contribution is 2.24. The van der Waals surface area contributed by atoms with Crippen molar-refractivity contribution in [2.75, 3.05) is 18.8 Å². The van der Waals surface area contributed by atoms with Crippen LogP contribution in [-0.2, 0) is 11.2 Å². The number of rotatable bonds is 6. The minimum absolute atomic E-state index is 0.124. The number of piperidine rings is 1. The number of carbonyl (C=O) groups excluding carboxylic acids is 1. The van der Waals surface area contributed by atoms with E-state index in [4.69, 9.17) is 0 Å². The van der Waals surface area contributed by atoms with Crippen LogP contribution in [0.4, 0.5) is 0 Å². The molecule has 0 radical (unpaired) electrons. The van der Waals surface area contributed by atoms with Crippen molar-refractivity contribution in [1.82, 2.24) is 10.6 Å². The monoisotopic (exact) mass is 340 g/mol. The minimum Gasteiger partial charge on any atom is -0.350 e. The first-order chi connectivity index (χ1) is 11.8. The summed E-state index contributed by atoms with van der Waals surface area (Å²) in [6, 6.07) is 20.6. The molecule has 0 saturated carbocycles. The molecule has 0 unspecified atom stereocenters. The highest BCUT2D eigenvalue weighted by molar-refractivity contribution is 8.00. The van der Waals surface area contributed by atoms with Crippen LogP contribution >= 0.6 is 11.8 Å². The zero-order valence-electron chi connectivity index (χ0n) is 13.8. The van der Waals surface area contributed by atoms with Crippen LogP contribution in [0, 0.1) is 0 Å². The number of carbonyl (C=O) groups is 1. The summed E-state index contributed by atoms with van der Waals surface area (Å²) in [5, 5.41) is 6.75. The Morgan fingerprint density at radius 3 is 2.29 bits per heavy atom. The summed E-state index contributed by atoms with van der Waals surface area (Å²) in [5.41, 5.74) is 1.16. The third-order valence-electron chi connectivity index (χ3n) is 4.46. The number of thioether (sulfide) groups is 1. The standard InChI is InChI=1S/C20H24N2OS/c23-19(16-24-18-9-5-2-6-10-18)22-20(11-13-21-14-12-20)15-17-7-3-1-4-8-17/h1-10,21H,11-16H2,(H,22,23). The van der Waals surface area contributed by atoms with Gasteiger partial charge in [0, 0.05) is 10.4 Å². The number of hydrogen-bond donors (Lipinski definition) is 2. The molecule has 1 aliphatic rings. The predicted molar refractivity (Wildman–Crippen MR) is 100 cm³/mol. The van der Waals surface area contributed by atoms with Gasteiger partial charge in [0.15, 0.2) is 0 Å². The third kappa shape index (κ3) is 4.86. The molecule has 126 valence electrons. The maximum Gasteiger partial charge on any atom is 0.230 e. The largest absolute Gasteiger partial charge is 0.350 e. The van der Waals surface area contributed by atoms with Gasteiger partial charge in [-0.2, -0.15) is 0 Å². The summed E-state index contributed by atoms with van der Waals surface area (Å²) >= 11 is 1.59. The molecule has 1 aliphatic heterocycles. The lowest BCUT2D eigenvalue weighted by Gasteiger charge is -2.38. The molecular formula is C20H24N2OS. The smallest absolute Gasteiger partial charge is 0.230 e. The zero-order valence-corrected chi connectivity index (χ0v) is 14.6. The molecule has 24 heavy (non-hydrogen) atoms. The lowest BCUT2D eigenvalue weighted by atomic mass is 9.82. The molecule has 0 spiro atoms. The summed E-state index contributed by atoms with van der Waals surface area (Å²) in [5.74, 6) is 0.593. The Morgan fingerprint density at radius 1 is 1.00 bits per heavy atom. The zero-order chi connectivity index (χ0) is 16.7. The van der Waals surface area contributed by atoms with Gasteiger partial charge in [0.05, 0.1) is 5.75 Å². The van der Waals surface area contributed by atoms with Crippen molar-refractivity contribution in [3.8, 4) is 0 Å². The van der Waals surface area contributed by atoms with Crippen LogP contribution in [0.2, 0.25) is 0 Å².